The first-order valence-corrected chi connectivity index (χ1v) is 6.48. The Morgan fingerprint density at radius 2 is 2.05 bits per heavy atom. The minimum atomic E-state index is -0.623. The highest BCUT2D eigenvalue weighted by molar-refractivity contribution is 6.34. The molecule has 1 saturated heterocycles. The molecule has 1 heterocycles. The first kappa shape index (κ1) is 14.5. The van der Waals surface area contributed by atoms with E-state index in [9.17, 15) is 20.0 Å². The van der Waals surface area contributed by atoms with E-state index in [2.05, 4.69) is 0 Å². The van der Waals surface area contributed by atoms with E-state index in [4.69, 9.17) is 17.3 Å². The molecule has 1 amide bonds. The van der Waals surface area contributed by atoms with E-state index in [0.29, 0.717) is 25.9 Å². The van der Waals surface area contributed by atoms with Gasteiger partial charge < -0.3 is 15.7 Å². The number of nitro benzene ring substituents is 1. The lowest BCUT2D eigenvalue weighted by molar-refractivity contribution is -0.384. The maximum absolute atomic E-state index is 12.3. The zero-order valence-corrected chi connectivity index (χ0v) is 11.3. The maximum atomic E-state index is 12.3. The van der Waals surface area contributed by atoms with Crippen LogP contribution in [0.3, 0.4) is 0 Å². The van der Waals surface area contributed by atoms with Crippen molar-refractivity contribution < 1.29 is 14.8 Å². The fourth-order valence-electron chi connectivity index (χ4n) is 2.13. The molecule has 8 heteroatoms. The van der Waals surface area contributed by atoms with Crippen molar-refractivity contribution in [3.05, 3.63) is 32.8 Å². The molecule has 0 aromatic heterocycles. The number of hydrogen-bond donors (Lipinski definition) is 2. The van der Waals surface area contributed by atoms with Gasteiger partial charge in [-0.05, 0) is 12.8 Å². The fourth-order valence-corrected chi connectivity index (χ4v) is 2.34. The van der Waals surface area contributed by atoms with E-state index in [1.54, 1.807) is 0 Å². The molecule has 1 fully saturated rings. The lowest BCUT2D eigenvalue weighted by atomic mass is 10.1. The van der Waals surface area contributed by atoms with Crippen LogP contribution in [-0.4, -0.2) is 40.0 Å². The lowest BCUT2D eigenvalue weighted by Gasteiger charge is -2.30. The summed E-state index contributed by atoms with van der Waals surface area (Å²) in [5.41, 5.74) is 5.53. The third-order valence-corrected chi connectivity index (χ3v) is 3.62. The number of benzene rings is 1. The van der Waals surface area contributed by atoms with Crippen LogP contribution in [0.15, 0.2) is 12.1 Å². The number of nitrogens with two attached hydrogens (primary N) is 1. The van der Waals surface area contributed by atoms with Crippen molar-refractivity contribution >= 4 is 28.9 Å². The van der Waals surface area contributed by atoms with Crippen LogP contribution in [0, 0.1) is 10.1 Å². The van der Waals surface area contributed by atoms with E-state index < -0.39 is 16.9 Å². The number of hydrogen-bond acceptors (Lipinski definition) is 5. The molecule has 0 saturated carbocycles. The largest absolute Gasteiger partial charge is 0.397 e. The zero-order chi connectivity index (χ0) is 14.9. The highest BCUT2D eigenvalue weighted by atomic mass is 35.5. The number of halogens is 1. The van der Waals surface area contributed by atoms with Gasteiger partial charge in [-0.15, -0.1) is 0 Å². The fraction of sp³-hybridized carbons (Fsp3) is 0.417. The van der Waals surface area contributed by atoms with Crippen molar-refractivity contribution in [2.24, 2.45) is 0 Å². The molecule has 1 aliphatic heterocycles. The summed E-state index contributed by atoms with van der Waals surface area (Å²) in [6.07, 6.45) is 0.549. The summed E-state index contributed by atoms with van der Waals surface area (Å²) in [7, 11) is 0. The molecule has 0 radical (unpaired) electrons. The van der Waals surface area contributed by atoms with Gasteiger partial charge in [0, 0.05) is 25.2 Å². The van der Waals surface area contributed by atoms with Gasteiger partial charge in [-0.25, -0.2) is 0 Å². The molecular weight excluding hydrogens is 286 g/mol. The van der Waals surface area contributed by atoms with Crippen LogP contribution >= 0.6 is 11.6 Å². The van der Waals surface area contributed by atoms with E-state index in [-0.39, 0.29) is 22.0 Å². The molecule has 1 aromatic carbocycles. The third kappa shape index (κ3) is 2.83. The summed E-state index contributed by atoms with van der Waals surface area (Å²) in [5, 5.41) is 20.2. The topological polar surface area (TPSA) is 110 Å². The van der Waals surface area contributed by atoms with Crippen LogP contribution in [0.5, 0.6) is 0 Å². The Labute approximate surface area is 120 Å². The smallest absolute Gasteiger partial charge is 0.271 e. The number of amides is 1. The van der Waals surface area contributed by atoms with Crippen molar-refractivity contribution in [1.82, 2.24) is 4.90 Å². The number of carbonyl (C=O) groups excluding carboxylic acids is 1. The van der Waals surface area contributed by atoms with Gasteiger partial charge in [0.15, 0.2) is 0 Å². The van der Waals surface area contributed by atoms with Crippen LogP contribution < -0.4 is 5.73 Å². The number of nitrogens with zero attached hydrogens (tertiary/aromatic N) is 2. The molecule has 0 unspecified atom stereocenters. The Kier molecular flexibility index (Phi) is 4.10. The molecule has 7 nitrogen and oxygen atoms in total. The average molecular weight is 300 g/mol. The number of non-ortho nitro benzene ring substituents is 1. The normalized spacial score (nSPS) is 16.2. The van der Waals surface area contributed by atoms with Crippen LogP contribution in [0.25, 0.3) is 0 Å². The Balaban J connectivity index is 2.31. The highest BCUT2D eigenvalue weighted by Gasteiger charge is 2.26. The molecule has 1 aromatic rings. The van der Waals surface area contributed by atoms with Crippen LogP contribution in [0.1, 0.15) is 23.2 Å². The van der Waals surface area contributed by atoms with Crippen LogP contribution in [0.4, 0.5) is 11.4 Å². The molecule has 1 aliphatic rings. The number of likely N-dealkylation sites (tertiary alicyclic amines) is 1. The minimum Gasteiger partial charge on any atom is -0.397 e. The zero-order valence-electron chi connectivity index (χ0n) is 10.6. The van der Waals surface area contributed by atoms with Crippen molar-refractivity contribution in [2.45, 2.75) is 18.9 Å². The van der Waals surface area contributed by atoms with Crippen LogP contribution in [-0.2, 0) is 0 Å². The van der Waals surface area contributed by atoms with Crippen molar-refractivity contribution in [3.8, 4) is 0 Å². The second kappa shape index (κ2) is 5.64. The molecular formula is C12H14ClN3O4. The number of carbonyl (C=O) groups is 1. The van der Waals surface area contributed by atoms with Gasteiger partial charge in [0.25, 0.3) is 11.6 Å². The van der Waals surface area contributed by atoms with E-state index in [0.717, 1.165) is 12.1 Å². The SMILES string of the molecule is Nc1c(Cl)cc([N+](=O)[O-])cc1C(=O)N1CCC(O)CC1. The third-order valence-electron chi connectivity index (χ3n) is 3.31. The number of aliphatic hydroxyl groups excluding tert-OH is 1. The molecule has 20 heavy (non-hydrogen) atoms. The quantitative estimate of drug-likeness (QED) is 0.487. The predicted molar refractivity (Wildman–Crippen MR) is 73.7 cm³/mol. The lowest BCUT2D eigenvalue weighted by Crippen LogP contribution is -2.40. The van der Waals surface area contributed by atoms with Gasteiger partial charge in [0.2, 0.25) is 0 Å². The maximum Gasteiger partial charge on any atom is 0.271 e. The van der Waals surface area contributed by atoms with Gasteiger partial charge >= 0.3 is 0 Å². The number of anilines is 1. The molecule has 0 spiro atoms. The standard InChI is InChI=1S/C12H14ClN3O4/c13-10-6-7(16(19)20)5-9(11(10)14)12(18)15-3-1-8(17)2-4-15/h5-6,8,17H,1-4,14H2. The van der Waals surface area contributed by atoms with Crippen molar-refractivity contribution in [2.75, 3.05) is 18.8 Å². The second-order valence-corrected chi connectivity index (χ2v) is 5.08. The number of nitro groups is 1. The second-order valence-electron chi connectivity index (χ2n) is 4.67. The summed E-state index contributed by atoms with van der Waals surface area (Å²) in [6.45, 7) is 0.777. The van der Waals surface area contributed by atoms with Gasteiger partial charge in [0.1, 0.15) is 0 Å². The van der Waals surface area contributed by atoms with Gasteiger partial charge in [0.05, 0.1) is 27.3 Å². The highest BCUT2D eigenvalue weighted by Crippen LogP contribution is 2.30. The number of aliphatic hydroxyl groups is 1. The summed E-state index contributed by atoms with van der Waals surface area (Å²) in [4.78, 5) is 24.0. The average Bonchev–Trinajstić information content (AvgIpc) is 2.41. The predicted octanol–water partition coefficient (Wildman–Crippen LogP) is 1.43. The van der Waals surface area contributed by atoms with Gasteiger partial charge in [-0.3, -0.25) is 14.9 Å². The molecule has 0 aliphatic carbocycles. The van der Waals surface area contributed by atoms with E-state index >= 15 is 0 Å². The summed E-state index contributed by atoms with van der Waals surface area (Å²) >= 11 is 5.83. The van der Waals surface area contributed by atoms with Gasteiger partial charge in [-0.1, -0.05) is 11.6 Å². The summed E-state index contributed by atoms with van der Waals surface area (Å²) in [6, 6.07) is 2.25. The van der Waals surface area contributed by atoms with Crippen molar-refractivity contribution in [3.63, 3.8) is 0 Å². The first-order chi connectivity index (χ1) is 9.40. The van der Waals surface area contributed by atoms with Gasteiger partial charge in [-0.2, -0.15) is 0 Å². The number of rotatable bonds is 2. The Hall–Kier alpha value is -1.86. The molecule has 3 N–H and O–H groups in total. The monoisotopic (exact) mass is 299 g/mol. The Bertz CT molecular complexity index is 556. The number of nitrogen functional groups attached to an aromatic ring is 1. The minimum absolute atomic E-state index is 0.0143. The van der Waals surface area contributed by atoms with Crippen molar-refractivity contribution in [1.29, 1.82) is 0 Å². The van der Waals surface area contributed by atoms with E-state index in [1.807, 2.05) is 0 Å². The molecule has 108 valence electrons. The van der Waals surface area contributed by atoms with Crippen LogP contribution in [0.2, 0.25) is 5.02 Å². The number of piperidine rings is 1. The van der Waals surface area contributed by atoms with E-state index in [1.165, 1.54) is 4.90 Å². The first-order valence-electron chi connectivity index (χ1n) is 6.11. The Morgan fingerprint density at radius 3 is 2.60 bits per heavy atom. The summed E-state index contributed by atoms with van der Waals surface area (Å²) in [5.74, 6) is -0.403. The summed E-state index contributed by atoms with van der Waals surface area (Å²) < 4.78 is 0. The molecule has 0 atom stereocenters. The molecule has 2 rings (SSSR count). The molecule has 0 bridgehead atoms. The Morgan fingerprint density at radius 1 is 1.45 bits per heavy atom.